The normalized spacial score (nSPS) is 20.8. The Bertz CT molecular complexity index is 82.7. The van der Waals surface area contributed by atoms with E-state index in [2.05, 4.69) is 0 Å². The molecule has 1 heteroatoms. The van der Waals surface area contributed by atoms with Crippen molar-refractivity contribution in [3.63, 3.8) is 0 Å². The monoisotopic (exact) mass is 61.1 g/mol. The molecule has 0 fully saturated rings. The molecule has 0 heterocycles. The second-order valence-corrected chi connectivity index (χ2v) is 0.556. The van der Waals surface area contributed by atoms with E-state index in [-0.39, 0.29) is 0 Å². The van der Waals surface area contributed by atoms with E-state index < -0.39 is 12.6 Å². The first-order valence-corrected chi connectivity index (χ1v) is 0.954. The molecule has 0 rings (SSSR count). The van der Waals surface area contributed by atoms with Crippen molar-refractivity contribution >= 4 is 5.78 Å². The molecule has 0 radical (unpaired) electrons. The van der Waals surface area contributed by atoms with E-state index in [9.17, 15) is 4.79 Å². The molecule has 0 spiro atoms. The van der Waals surface area contributed by atoms with Gasteiger partial charge in [-0.3, -0.25) is 0 Å². The highest BCUT2D eigenvalue weighted by atomic mass is 16.1. The van der Waals surface area contributed by atoms with Crippen LogP contribution in [-0.4, -0.2) is 5.78 Å². The Hall–Kier alpha value is -0.330. The van der Waals surface area contributed by atoms with Crippen molar-refractivity contribution < 1.29 is 8.91 Å². The molecule has 0 aromatic rings. The largest absolute Gasteiger partial charge is 0.300 e. The molecule has 4 heavy (non-hydrogen) atoms. The molecule has 1 nitrogen and oxygen atoms in total. The summed E-state index contributed by atoms with van der Waals surface area (Å²) in [6.07, 6.45) is 0. The van der Waals surface area contributed by atoms with E-state index in [1.165, 1.54) is 0 Å². The van der Waals surface area contributed by atoms with E-state index >= 15 is 0 Å². The van der Waals surface area contributed by atoms with Gasteiger partial charge < -0.3 is 4.79 Å². The zero-order valence-corrected chi connectivity index (χ0v) is 2.41. The third kappa shape index (κ3) is 6.88. The van der Waals surface area contributed by atoms with Gasteiger partial charge in [0.1, 0.15) is 5.78 Å². The van der Waals surface area contributed by atoms with Gasteiger partial charge in [0.05, 0.1) is 0 Å². The van der Waals surface area contributed by atoms with E-state index in [1.807, 2.05) is 0 Å². The number of ketones is 1. The summed E-state index contributed by atoms with van der Waals surface area (Å²) in [5.74, 6) is -0.757. The van der Waals surface area contributed by atoms with Gasteiger partial charge in [-0.05, 0) is 13.8 Å². The maximum Gasteiger partial charge on any atom is 0.126 e. The van der Waals surface area contributed by atoms with Crippen LogP contribution in [0.5, 0.6) is 0 Å². The maximum absolute atomic E-state index is 9.90. The van der Waals surface area contributed by atoms with Gasteiger partial charge in [-0.1, -0.05) is 0 Å². The van der Waals surface area contributed by atoms with Crippen LogP contribution in [0.15, 0.2) is 0 Å². The van der Waals surface area contributed by atoms with E-state index in [0.717, 1.165) is 6.92 Å². The quantitative estimate of drug-likeness (QED) is 0.400. The zero-order chi connectivity index (χ0) is 6.08. The lowest BCUT2D eigenvalue weighted by molar-refractivity contribution is -0.114. The van der Waals surface area contributed by atoms with Crippen molar-refractivity contribution in [1.82, 2.24) is 0 Å². The lowest BCUT2D eigenvalue weighted by atomic mass is 10.6. The molecule has 0 saturated heterocycles. The third-order valence-corrected chi connectivity index (χ3v) is 0. The highest BCUT2D eigenvalue weighted by Gasteiger charge is 1.62. The smallest absolute Gasteiger partial charge is 0.126 e. The first kappa shape index (κ1) is 0.814. The summed E-state index contributed by atoms with van der Waals surface area (Å²) < 4.78 is 19.1. The fraction of sp³-hybridized carbons (Fsp3) is 0.667. The van der Waals surface area contributed by atoms with Crippen LogP contribution in [0.3, 0.4) is 0 Å². The Kier molecular flexibility index (Phi) is 0.213. The molecule has 0 bridgehead atoms. The summed E-state index contributed by atoms with van der Waals surface area (Å²) in [6, 6.07) is 0. The number of hydrogen-bond donors (Lipinski definition) is 0. The van der Waals surface area contributed by atoms with Crippen molar-refractivity contribution in [2.75, 3.05) is 0 Å². The zero-order valence-electron chi connectivity index (χ0n) is 5.41. The van der Waals surface area contributed by atoms with Crippen molar-refractivity contribution in [2.45, 2.75) is 13.8 Å². The Morgan fingerprint density at radius 1 is 2.25 bits per heavy atom. The minimum Gasteiger partial charge on any atom is -0.300 e. The second-order valence-electron chi connectivity index (χ2n) is 0.556. The molecule has 0 atom stereocenters. The summed E-state index contributed by atoms with van der Waals surface area (Å²) >= 11 is 0. The van der Waals surface area contributed by atoms with E-state index in [4.69, 9.17) is 4.11 Å². The van der Waals surface area contributed by atoms with Gasteiger partial charge in [0.15, 0.2) is 0 Å². The van der Waals surface area contributed by atoms with Crippen molar-refractivity contribution in [3.05, 3.63) is 0 Å². The molecule has 0 amide bonds. The molecular formula is C3H6O. The van der Waals surface area contributed by atoms with Gasteiger partial charge in [0, 0.05) is 4.11 Å². The fourth-order valence-electron chi connectivity index (χ4n) is 0. The second kappa shape index (κ2) is 1.04. The van der Waals surface area contributed by atoms with Crippen LogP contribution >= 0.6 is 0 Å². The van der Waals surface area contributed by atoms with Crippen LogP contribution < -0.4 is 0 Å². The fourth-order valence-corrected chi connectivity index (χ4v) is 0. The molecule has 0 unspecified atom stereocenters. The molecule has 0 aliphatic carbocycles. The van der Waals surface area contributed by atoms with Gasteiger partial charge in [-0.15, -0.1) is 0 Å². The molecule has 0 aliphatic rings. The molecule has 0 N–H and O–H groups in total. The van der Waals surface area contributed by atoms with E-state index in [1.54, 1.807) is 0 Å². The van der Waals surface area contributed by atoms with Crippen LogP contribution in [0, 0.1) is 0 Å². The first-order valence-electron chi connectivity index (χ1n) is 2.45. The average molecular weight is 61.1 g/mol. The standard InChI is InChI=1S/C3H6O/c1-3(2)4/h1-2H3/i1D3. The lowest BCUT2D eigenvalue weighted by Gasteiger charge is -1.56. The van der Waals surface area contributed by atoms with Crippen LogP contribution in [0.1, 0.15) is 17.9 Å². The molecule has 0 aromatic heterocycles. The number of rotatable bonds is 0. The third-order valence-electron chi connectivity index (χ3n) is 0. The predicted molar refractivity (Wildman–Crippen MR) is 16.4 cm³/mol. The summed E-state index contributed by atoms with van der Waals surface area (Å²) in [5, 5.41) is 0. The summed E-state index contributed by atoms with van der Waals surface area (Å²) in [5.41, 5.74) is 0. The predicted octanol–water partition coefficient (Wildman–Crippen LogP) is 0.595. The summed E-state index contributed by atoms with van der Waals surface area (Å²) in [4.78, 5) is 9.90. The Labute approximate surface area is 29.8 Å². The molecular weight excluding hydrogens is 52.0 g/mol. The highest BCUT2D eigenvalue weighted by molar-refractivity contribution is 5.72. The molecule has 24 valence electrons. The topological polar surface area (TPSA) is 17.1 Å². The van der Waals surface area contributed by atoms with Crippen LogP contribution in [0.2, 0.25) is 0 Å². The Balaban J connectivity index is 3.79. The van der Waals surface area contributed by atoms with E-state index in [0.29, 0.717) is 0 Å². The minimum atomic E-state index is -2.39. The highest BCUT2D eigenvalue weighted by Crippen LogP contribution is 1.50. The average Bonchev–Trinajstić information content (AvgIpc) is 1.31. The van der Waals surface area contributed by atoms with Gasteiger partial charge in [-0.25, -0.2) is 0 Å². The lowest BCUT2D eigenvalue weighted by Crippen LogP contribution is -1.69. The van der Waals surface area contributed by atoms with Gasteiger partial charge in [0.2, 0.25) is 0 Å². The molecule has 0 aromatic carbocycles. The minimum absolute atomic E-state index is 0.757. The number of carbonyl (C=O) groups excluding carboxylic acids is 1. The van der Waals surface area contributed by atoms with Crippen LogP contribution in [0.25, 0.3) is 0 Å². The number of carbonyl (C=O) groups is 1. The van der Waals surface area contributed by atoms with Crippen molar-refractivity contribution in [3.8, 4) is 0 Å². The first-order chi connectivity index (χ1) is 2.94. The SMILES string of the molecule is [2H]C([2H])([2H])C(C)=O. The van der Waals surface area contributed by atoms with Gasteiger partial charge >= 0.3 is 0 Å². The summed E-state index contributed by atoms with van der Waals surface area (Å²) in [6.45, 7) is -1.34. The molecule has 0 saturated carbocycles. The molecule has 0 aliphatic heterocycles. The Morgan fingerprint density at radius 3 is 2.50 bits per heavy atom. The maximum atomic E-state index is 9.90. The Morgan fingerprint density at radius 2 is 2.50 bits per heavy atom. The summed E-state index contributed by atoms with van der Waals surface area (Å²) in [7, 11) is 0. The van der Waals surface area contributed by atoms with Crippen molar-refractivity contribution in [2.24, 2.45) is 0 Å². The van der Waals surface area contributed by atoms with Crippen molar-refractivity contribution in [1.29, 1.82) is 0 Å². The number of Topliss-reactive ketones (excluding diaryl/α,β-unsaturated/α-hetero) is 1. The van der Waals surface area contributed by atoms with Crippen LogP contribution in [-0.2, 0) is 4.79 Å². The van der Waals surface area contributed by atoms with Gasteiger partial charge in [-0.2, -0.15) is 0 Å². The van der Waals surface area contributed by atoms with Gasteiger partial charge in [0.25, 0.3) is 0 Å². The van der Waals surface area contributed by atoms with Crippen LogP contribution in [0.4, 0.5) is 0 Å². The number of hydrogen-bond acceptors (Lipinski definition) is 1.